The van der Waals surface area contributed by atoms with E-state index in [4.69, 9.17) is 4.74 Å². The van der Waals surface area contributed by atoms with Gasteiger partial charge in [-0.25, -0.2) is 4.39 Å². The van der Waals surface area contributed by atoms with Crippen molar-refractivity contribution < 1.29 is 14.2 Å². The lowest BCUT2D eigenvalue weighted by Gasteiger charge is -2.20. The number of hydrogen-bond donors (Lipinski definition) is 1. The molecular formula is C18H19FO2. The predicted octanol–water partition coefficient (Wildman–Crippen LogP) is 3.93. The molecule has 1 N–H and O–H groups in total. The number of hydrogen-bond acceptors (Lipinski definition) is 2. The summed E-state index contributed by atoms with van der Waals surface area (Å²) in [5.74, 6) is 0.291. The normalized spacial score (nSPS) is 17.2. The van der Waals surface area contributed by atoms with E-state index in [1.54, 1.807) is 18.2 Å². The third-order valence-electron chi connectivity index (χ3n) is 3.86. The van der Waals surface area contributed by atoms with Gasteiger partial charge in [-0.1, -0.05) is 35.9 Å². The third kappa shape index (κ3) is 2.54. The Labute approximate surface area is 124 Å². The second kappa shape index (κ2) is 4.85. The number of fused-ring (bicyclic) bond motifs is 1. The van der Waals surface area contributed by atoms with E-state index in [0.29, 0.717) is 11.3 Å². The first-order chi connectivity index (χ1) is 9.87. The highest BCUT2D eigenvalue weighted by molar-refractivity contribution is 5.49. The van der Waals surface area contributed by atoms with Crippen molar-refractivity contribution in [3.63, 3.8) is 0 Å². The highest BCUT2D eigenvalue weighted by atomic mass is 19.1. The minimum absolute atomic E-state index is 0.288. The van der Waals surface area contributed by atoms with Gasteiger partial charge in [-0.3, -0.25) is 0 Å². The maximum absolute atomic E-state index is 14.0. The minimum atomic E-state index is -1.02. The molecule has 0 fully saturated rings. The molecule has 110 valence electrons. The summed E-state index contributed by atoms with van der Waals surface area (Å²) in [6, 6.07) is 10.4. The largest absolute Gasteiger partial charge is 0.487 e. The molecular weight excluding hydrogens is 267 g/mol. The Morgan fingerprint density at radius 1 is 1.19 bits per heavy atom. The van der Waals surface area contributed by atoms with Gasteiger partial charge < -0.3 is 9.84 Å². The molecule has 21 heavy (non-hydrogen) atoms. The fourth-order valence-electron chi connectivity index (χ4n) is 2.89. The summed E-state index contributed by atoms with van der Waals surface area (Å²) in [6.45, 7) is 5.90. The van der Waals surface area contributed by atoms with Gasteiger partial charge in [0.25, 0.3) is 0 Å². The molecule has 0 amide bonds. The zero-order valence-corrected chi connectivity index (χ0v) is 12.5. The number of ether oxygens (including phenoxy) is 1. The van der Waals surface area contributed by atoms with Crippen LogP contribution in [0.3, 0.4) is 0 Å². The fraction of sp³-hybridized carbons (Fsp3) is 0.333. The highest BCUT2D eigenvalue weighted by Gasteiger charge is 2.33. The van der Waals surface area contributed by atoms with E-state index in [2.05, 4.69) is 0 Å². The molecule has 0 aliphatic carbocycles. The summed E-state index contributed by atoms with van der Waals surface area (Å²) in [5.41, 5.74) is 2.60. The lowest BCUT2D eigenvalue weighted by Crippen LogP contribution is -2.25. The molecule has 0 radical (unpaired) electrons. The number of aliphatic hydroxyl groups excluding tert-OH is 1. The molecule has 1 atom stereocenters. The molecule has 1 aliphatic heterocycles. The smallest absolute Gasteiger partial charge is 0.129 e. The Kier molecular flexibility index (Phi) is 3.25. The number of para-hydroxylation sites is 1. The van der Waals surface area contributed by atoms with Gasteiger partial charge in [-0.2, -0.15) is 0 Å². The zero-order valence-electron chi connectivity index (χ0n) is 12.5. The summed E-state index contributed by atoms with van der Waals surface area (Å²) in [5, 5.41) is 10.6. The molecule has 1 aliphatic rings. The van der Waals surface area contributed by atoms with Crippen molar-refractivity contribution in [2.75, 3.05) is 0 Å². The van der Waals surface area contributed by atoms with Crippen LogP contribution in [0.2, 0.25) is 0 Å². The first-order valence-corrected chi connectivity index (χ1v) is 7.12. The molecule has 2 aromatic rings. The van der Waals surface area contributed by atoms with E-state index in [1.165, 1.54) is 6.07 Å². The first-order valence-electron chi connectivity index (χ1n) is 7.12. The van der Waals surface area contributed by atoms with Crippen LogP contribution in [-0.4, -0.2) is 10.7 Å². The van der Waals surface area contributed by atoms with E-state index in [-0.39, 0.29) is 11.2 Å². The number of benzene rings is 2. The molecule has 0 spiro atoms. The standard InChI is InChI=1S/C18H19FO2/c1-11-7-8-15(19)14(9-11)16(20)13-6-4-5-12-10-18(2,3)21-17(12)13/h4-9,16,20H,10H2,1-3H3. The SMILES string of the molecule is Cc1ccc(F)c(C(O)c2cccc3c2OC(C)(C)C3)c1. The molecule has 1 unspecified atom stereocenters. The Morgan fingerprint density at radius 3 is 2.71 bits per heavy atom. The Morgan fingerprint density at radius 2 is 1.95 bits per heavy atom. The number of rotatable bonds is 2. The molecule has 0 bridgehead atoms. The average Bonchev–Trinajstić information content (AvgIpc) is 2.74. The van der Waals surface area contributed by atoms with Gasteiger partial charge in [0.1, 0.15) is 23.3 Å². The van der Waals surface area contributed by atoms with Gasteiger partial charge in [0.2, 0.25) is 0 Å². The molecule has 2 nitrogen and oxygen atoms in total. The summed E-state index contributed by atoms with van der Waals surface area (Å²) in [6.07, 6.45) is -0.229. The van der Waals surface area contributed by atoms with Crippen LogP contribution < -0.4 is 4.74 Å². The number of aryl methyl sites for hydroxylation is 1. The molecule has 0 saturated heterocycles. The maximum atomic E-state index is 14.0. The van der Waals surface area contributed by atoms with Crippen LogP contribution >= 0.6 is 0 Å². The summed E-state index contributed by atoms with van der Waals surface area (Å²) >= 11 is 0. The fourth-order valence-corrected chi connectivity index (χ4v) is 2.89. The molecule has 0 saturated carbocycles. The van der Waals surface area contributed by atoms with Gasteiger partial charge in [-0.05, 0) is 32.4 Å². The monoisotopic (exact) mass is 286 g/mol. The van der Waals surface area contributed by atoms with E-state index in [1.807, 2.05) is 32.9 Å². The second-order valence-corrected chi connectivity index (χ2v) is 6.30. The zero-order chi connectivity index (χ0) is 15.2. The topological polar surface area (TPSA) is 29.5 Å². The Balaban J connectivity index is 2.06. The van der Waals surface area contributed by atoms with Crippen molar-refractivity contribution in [1.82, 2.24) is 0 Å². The van der Waals surface area contributed by atoms with Crippen LogP contribution in [0.4, 0.5) is 4.39 Å². The first kappa shape index (κ1) is 14.1. The molecule has 3 heteroatoms. The van der Waals surface area contributed by atoms with Crippen molar-refractivity contribution in [2.24, 2.45) is 0 Å². The van der Waals surface area contributed by atoms with Crippen LogP contribution in [0, 0.1) is 12.7 Å². The van der Waals surface area contributed by atoms with Crippen molar-refractivity contribution >= 4 is 0 Å². The van der Waals surface area contributed by atoms with Crippen molar-refractivity contribution in [1.29, 1.82) is 0 Å². The predicted molar refractivity (Wildman–Crippen MR) is 80.1 cm³/mol. The van der Waals surface area contributed by atoms with E-state index in [9.17, 15) is 9.50 Å². The maximum Gasteiger partial charge on any atom is 0.129 e. The minimum Gasteiger partial charge on any atom is -0.487 e. The lowest BCUT2D eigenvalue weighted by atomic mass is 9.95. The Hall–Kier alpha value is -1.87. The van der Waals surface area contributed by atoms with Crippen LogP contribution in [0.5, 0.6) is 5.75 Å². The molecule has 1 heterocycles. The van der Waals surface area contributed by atoms with Gasteiger partial charge in [-0.15, -0.1) is 0 Å². The third-order valence-corrected chi connectivity index (χ3v) is 3.86. The van der Waals surface area contributed by atoms with Crippen molar-refractivity contribution in [3.05, 3.63) is 64.5 Å². The summed E-state index contributed by atoms with van der Waals surface area (Å²) in [7, 11) is 0. The van der Waals surface area contributed by atoms with E-state index >= 15 is 0 Å². The number of aliphatic hydroxyl groups is 1. The highest BCUT2D eigenvalue weighted by Crippen LogP contribution is 2.41. The van der Waals surface area contributed by atoms with Crippen LogP contribution in [0.25, 0.3) is 0 Å². The van der Waals surface area contributed by atoms with E-state index in [0.717, 1.165) is 17.5 Å². The van der Waals surface area contributed by atoms with Crippen LogP contribution in [0.15, 0.2) is 36.4 Å². The van der Waals surface area contributed by atoms with Crippen molar-refractivity contribution in [3.8, 4) is 5.75 Å². The molecule has 3 rings (SSSR count). The van der Waals surface area contributed by atoms with Gasteiger partial charge in [0.15, 0.2) is 0 Å². The van der Waals surface area contributed by atoms with Crippen LogP contribution in [-0.2, 0) is 6.42 Å². The second-order valence-electron chi connectivity index (χ2n) is 6.30. The molecule has 2 aromatic carbocycles. The quantitative estimate of drug-likeness (QED) is 0.906. The van der Waals surface area contributed by atoms with Crippen LogP contribution in [0.1, 0.15) is 42.2 Å². The van der Waals surface area contributed by atoms with Gasteiger partial charge >= 0.3 is 0 Å². The molecule has 0 aromatic heterocycles. The number of halogens is 1. The summed E-state index contributed by atoms with van der Waals surface area (Å²) in [4.78, 5) is 0. The van der Waals surface area contributed by atoms with Crippen molar-refractivity contribution in [2.45, 2.75) is 38.9 Å². The van der Waals surface area contributed by atoms with E-state index < -0.39 is 11.9 Å². The van der Waals surface area contributed by atoms with Gasteiger partial charge in [0.05, 0.1) is 0 Å². The van der Waals surface area contributed by atoms with Gasteiger partial charge in [0, 0.05) is 17.5 Å². The average molecular weight is 286 g/mol. The lowest BCUT2D eigenvalue weighted by molar-refractivity contribution is 0.131. The Bertz CT molecular complexity index is 692. The summed E-state index contributed by atoms with van der Waals surface area (Å²) < 4.78 is 20.0.